The van der Waals surface area contributed by atoms with Gasteiger partial charge < -0.3 is 10.2 Å². The van der Waals surface area contributed by atoms with Crippen molar-refractivity contribution in [1.29, 1.82) is 0 Å². The molecule has 4 nitrogen and oxygen atoms in total. The van der Waals surface area contributed by atoms with Crippen molar-refractivity contribution in [3.05, 3.63) is 140 Å². The molecule has 4 rings (SSSR count). The van der Waals surface area contributed by atoms with Gasteiger partial charge in [0.05, 0.1) is 6.42 Å². The number of hydrogen-bond donors (Lipinski definition) is 1. The smallest absolute Gasteiger partial charge is 0.247 e. The third-order valence-corrected chi connectivity index (χ3v) is 6.67. The van der Waals surface area contributed by atoms with Gasteiger partial charge in [-0.3, -0.25) is 9.59 Å². The predicted molar refractivity (Wildman–Crippen MR) is 150 cm³/mol. The summed E-state index contributed by atoms with van der Waals surface area (Å²) in [5.41, 5.74) is 3.29. The Morgan fingerprint density at radius 1 is 0.649 bits per heavy atom. The van der Waals surface area contributed by atoms with Gasteiger partial charge in [0.25, 0.3) is 0 Å². The number of nitrogens with one attached hydrogen (secondary N) is 1. The molecule has 0 spiro atoms. The van der Waals surface area contributed by atoms with E-state index >= 15 is 0 Å². The summed E-state index contributed by atoms with van der Waals surface area (Å²) in [5, 5.41) is 4.82. The lowest BCUT2D eigenvalue weighted by molar-refractivity contribution is -0.141. The Bertz CT molecular complexity index is 1330. The maximum absolute atomic E-state index is 13.8. The third-order valence-electron chi connectivity index (χ3n) is 5.91. The van der Waals surface area contributed by atoms with E-state index in [0.717, 1.165) is 22.3 Å². The highest BCUT2D eigenvalue weighted by molar-refractivity contribution is 6.31. The lowest BCUT2D eigenvalue weighted by Crippen LogP contribution is -2.43. The van der Waals surface area contributed by atoms with E-state index in [-0.39, 0.29) is 24.8 Å². The van der Waals surface area contributed by atoms with E-state index in [1.165, 1.54) is 0 Å². The van der Waals surface area contributed by atoms with Crippen molar-refractivity contribution < 1.29 is 9.59 Å². The summed E-state index contributed by atoms with van der Waals surface area (Å²) >= 11 is 18.1. The Kier molecular flexibility index (Phi) is 9.24. The van der Waals surface area contributed by atoms with Crippen LogP contribution in [0.1, 0.15) is 28.3 Å². The van der Waals surface area contributed by atoms with E-state index in [1.54, 1.807) is 41.3 Å². The number of halogens is 3. The van der Waals surface area contributed by atoms with E-state index in [4.69, 9.17) is 34.8 Å². The van der Waals surface area contributed by atoms with Crippen molar-refractivity contribution in [3.8, 4) is 0 Å². The zero-order valence-electron chi connectivity index (χ0n) is 19.9. The number of nitrogens with zero attached hydrogens (tertiary/aromatic N) is 1. The summed E-state index contributed by atoms with van der Waals surface area (Å²) in [6, 6.07) is 30.2. The van der Waals surface area contributed by atoms with Crippen LogP contribution in [-0.2, 0) is 29.1 Å². The lowest BCUT2D eigenvalue weighted by atomic mass is 10.0. The van der Waals surface area contributed by atoms with Crippen LogP contribution in [-0.4, -0.2) is 16.7 Å². The maximum atomic E-state index is 13.8. The molecule has 0 saturated carbocycles. The van der Waals surface area contributed by atoms with Gasteiger partial charge in [-0.15, -0.1) is 0 Å². The fraction of sp³-hybridized carbons (Fsp3) is 0.133. The molecule has 188 valence electrons. The SMILES string of the molecule is O=C(NCc1ccc(Cl)cc1)C(c1ccccc1)N(Cc1ccc(Cl)cc1)C(=O)Cc1ccc(Cl)cc1. The number of hydrogen-bond acceptors (Lipinski definition) is 2. The van der Waals surface area contributed by atoms with Gasteiger partial charge in [-0.05, 0) is 58.7 Å². The molecule has 1 N–H and O–H groups in total. The van der Waals surface area contributed by atoms with Crippen molar-refractivity contribution in [1.82, 2.24) is 10.2 Å². The van der Waals surface area contributed by atoms with E-state index in [2.05, 4.69) is 5.32 Å². The molecule has 7 heteroatoms. The minimum atomic E-state index is -0.844. The van der Waals surface area contributed by atoms with Crippen molar-refractivity contribution in [2.45, 2.75) is 25.6 Å². The fourth-order valence-corrected chi connectivity index (χ4v) is 4.36. The van der Waals surface area contributed by atoms with Crippen LogP contribution in [0.2, 0.25) is 15.1 Å². The first kappa shape index (κ1) is 26.7. The molecule has 0 fully saturated rings. The monoisotopic (exact) mass is 550 g/mol. The molecule has 2 amide bonds. The number of carbonyl (C=O) groups is 2. The van der Waals surface area contributed by atoms with E-state index < -0.39 is 6.04 Å². The molecule has 0 aromatic heterocycles. The van der Waals surface area contributed by atoms with Crippen LogP contribution in [0.3, 0.4) is 0 Å². The molecule has 0 bridgehead atoms. The molecule has 1 atom stereocenters. The van der Waals surface area contributed by atoms with Crippen molar-refractivity contribution in [2.75, 3.05) is 0 Å². The van der Waals surface area contributed by atoms with Gasteiger partial charge in [-0.25, -0.2) is 0 Å². The fourth-order valence-electron chi connectivity index (χ4n) is 3.98. The minimum Gasteiger partial charge on any atom is -0.350 e. The van der Waals surface area contributed by atoms with E-state index in [9.17, 15) is 9.59 Å². The summed E-state index contributed by atoms with van der Waals surface area (Å²) in [5.74, 6) is -0.465. The van der Waals surface area contributed by atoms with Gasteiger partial charge in [-0.2, -0.15) is 0 Å². The number of benzene rings is 4. The highest BCUT2D eigenvalue weighted by atomic mass is 35.5. The normalized spacial score (nSPS) is 11.5. The first-order chi connectivity index (χ1) is 17.9. The zero-order valence-corrected chi connectivity index (χ0v) is 22.2. The summed E-state index contributed by atoms with van der Waals surface area (Å²) in [7, 11) is 0. The van der Waals surface area contributed by atoms with Crippen LogP contribution < -0.4 is 5.32 Å². The van der Waals surface area contributed by atoms with Crippen LogP contribution in [0, 0.1) is 0 Å². The molecule has 0 radical (unpaired) electrons. The minimum absolute atomic E-state index is 0.124. The highest BCUT2D eigenvalue weighted by Gasteiger charge is 2.31. The van der Waals surface area contributed by atoms with Crippen LogP contribution in [0.15, 0.2) is 103 Å². The predicted octanol–water partition coefficient (Wildman–Crippen LogP) is 7.28. The summed E-state index contributed by atoms with van der Waals surface area (Å²) in [6.07, 6.45) is 0.124. The maximum Gasteiger partial charge on any atom is 0.247 e. The van der Waals surface area contributed by atoms with Crippen LogP contribution in [0.5, 0.6) is 0 Å². The Balaban J connectivity index is 1.66. The lowest BCUT2D eigenvalue weighted by Gasteiger charge is -2.32. The van der Waals surface area contributed by atoms with E-state index in [1.807, 2.05) is 66.7 Å². The number of carbonyl (C=O) groups excluding carboxylic acids is 2. The average molecular weight is 552 g/mol. The van der Waals surface area contributed by atoms with Gasteiger partial charge in [0.2, 0.25) is 11.8 Å². The molecule has 37 heavy (non-hydrogen) atoms. The average Bonchev–Trinajstić information content (AvgIpc) is 2.91. The van der Waals surface area contributed by atoms with Gasteiger partial charge in [-0.1, -0.05) is 102 Å². The van der Waals surface area contributed by atoms with E-state index in [0.29, 0.717) is 21.6 Å². The largest absolute Gasteiger partial charge is 0.350 e. The number of rotatable bonds is 9. The quantitative estimate of drug-likeness (QED) is 0.238. The molecule has 0 heterocycles. The molecule has 4 aromatic carbocycles. The van der Waals surface area contributed by atoms with Crippen molar-refractivity contribution in [2.24, 2.45) is 0 Å². The zero-order chi connectivity index (χ0) is 26.2. The molecule has 4 aromatic rings. The highest BCUT2D eigenvalue weighted by Crippen LogP contribution is 2.26. The number of amides is 2. The Morgan fingerprint density at radius 2 is 1.14 bits per heavy atom. The molecule has 1 unspecified atom stereocenters. The molecular weight excluding hydrogens is 527 g/mol. The van der Waals surface area contributed by atoms with Crippen molar-refractivity contribution in [3.63, 3.8) is 0 Å². The first-order valence-electron chi connectivity index (χ1n) is 11.7. The third kappa shape index (κ3) is 7.59. The molecule has 0 aliphatic carbocycles. The van der Waals surface area contributed by atoms with Gasteiger partial charge in [0, 0.05) is 28.2 Å². The van der Waals surface area contributed by atoms with Crippen LogP contribution in [0.4, 0.5) is 0 Å². The first-order valence-corrected chi connectivity index (χ1v) is 12.9. The second kappa shape index (κ2) is 12.8. The molecule has 0 aliphatic rings. The Labute approximate surface area is 231 Å². The van der Waals surface area contributed by atoms with Crippen LogP contribution in [0.25, 0.3) is 0 Å². The van der Waals surface area contributed by atoms with Crippen molar-refractivity contribution >= 4 is 46.6 Å². The topological polar surface area (TPSA) is 49.4 Å². The van der Waals surface area contributed by atoms with Gasteiger partial charge >= 0.3 is 0 Å². The standard InChI is InChI=1S/C30H25Cl3N2O2/c31-25-12-6-21(7-13-25)18-28(36)35(20-23-10-16-27(33)17-11-23)29(24-4-2-1-3-5-24)30(37)34-19-22-8-14-26(32)15-9-22/h1-17,29H,18-20H2,(H,34,37). The Hall–Kier alpha value is -3.31. The second-order valence-corrected chi connectivity index (χ2v) is 9.92. The van der Waals surface area contributed by atoms with Crippen LogP contribution >= 0.6 is 34.8 Å². The molecule has 0 saturated heterocycles. The second-order valence-electron chi connectivity index (χ2n) is 8.61. The summed E-state index contributed by atoms with van der Waals surface area (Å²) in [4.78, 5) is 29.1. The molecule has 0 aliphatic heterocycles. The Morgan fingerprint density at radius 3 is 1.68 bits per heavy atom. The van der Waals surface area contributed by atoms with Gasteiger partial charge in [0.15, 0.2) is 0 Å². The van der Waals surface area contributed by atoms with Gasteiger partial charge in [0.1, 0.15) is 6.04 Å². The molecular formula is C30H25Cl3N2O2. The summed E-state index contributed by atoms with van der Waals surface area (Å²) in [6.45, 7) is 0.539. The summed E-state index contributed by atoms with van der Waals surface area (Å²) < 4.78 is 0.